The first-order valence-electron chi connectivity index (χ1n) is 6.17. The van der Waals surface area contributed by atoms with Crippen molar-refractivity contribution in [1.29, 1.82) is 0 Å². The van der Waals surface area contributed by atoms with Crippen LogP contribution in [0.5, 0.6) is 5.75 Å². The minimum absolute atomic E-state index is 0.171. The standard InChI is InChI=1S/C14H22O3Si/c1-11(10-18(3,4)5)17-13-8-6-7-12(9-13)14(15)16-2/h6-9,11H,10H2,1-5H3. The Morgan fingerprint density at radius 3 is 2.56 bits per heavy atom. The van der Waals surface area contributed by atoms with Crippen molar-refractivity contribution in [3.8, 4) is 5.75 Å². The second kappa shape index (κ2) is 6.04. The lowest BCUT2D eigenvalue weighted by Crippen LogP contribution is -2.28. The molecule has 100 valence electrons. The molecule has 1 atom stereocenters. The van der Waals surface area contributed by atoms with E-state index >= 15 is 0 Å². The molecular weight excluding hydrogens is 244 g/mol. The zero-order valence-corrected chi connectivity index (χ0v) is 12.8. The summed E-state index contributed by atoms with van der Waals surface area (Å²) in [7, 11) is 0.246. The van der Waals surface area contributed by atoms with Gasteiger partial charge in [-0.05, 0) is 31.2 Å². The molecule has 0 aliphatic rings. The molecule has 0 N–H and O–H groups in total. The van der Waals surface area contributed by atoms with E-state index < -0.39 is 8.07 Å². The van der Waals surface area contributed by atoms with Gasteiger partial charge >= 0.3 is 5.97 Å². The first-order valence-corrected chi connectivity index (χ1v) is 9.87. The molecule has 0 saturated heterocycles. The molecule has 0 saturated carbocycles. The highest BCUT2D eigenvalue weighted by atomic mass is 28.3. The van der Waals surface area contributed by atoms with E-state index in [1.165, 1.54) is 7.11 Å². The molecule has 1 unspecified atom stereocenters. The summed E-state index contributed by atoms with van der Waals surface area (Å²) in [5, 5.41) is 0. The van der Waals surface area contributed by atoms with Crippen LogP contribution in [0, 0.1) is 0 Å². The van der Waals surface area contributed by atoms with Crippen LogP contribution in [-0.2, 0) is 4.74 Å². The van der Waals surface area contributed by atoms with Gasteiger partial charge in [-0.25, -0.2) is 4.79 Å². The fourth-order valence-corrected chi connectivity index (χ4v) is 3.76. The van der Waals surface area contributed by atoms with Gasteiger partial charge in [-0.1, -0.05) is 25.7 Å². The number of ether oxygens (including phenoxy) is 2. The minimum atomic E-state index is -1.13. The van der Waals surface area contributed by atoms with Gasteiger partial charge < -0.3 is 9.47 Å². The van der Waals surface area contributed by atoms with Crippen LogP contribution in [-0.4, -0.2) is 27.3 Å². The smallest absolute Gasteiger partial charge is 0.337 e. The zero-order chi connectivity index (χ0) is 13.8. The first kappa shape index (κ1) is 14.8. The number of hydrogen-bond donors (Lipinski definition) is 0. The minimum Gasteiger partial charge on any atom is -0.491 e. The van der Waals surface area contributed by atoms with Crippen LogP contribution in [0.1, 0.15) is 17.3 Å². The Labute approximate surface area is 110 Å². The van der Waals surface area contributed by atoms with Crippen LogP contribution in [0.3, 0.4) is 0 Å². The second-order valence-corrected chi connectivity index (χ2v) is 11.2. The normalized spacial score (nSPS) is 12.9. The SMILES string of the molecule is COC(=O)c1cccc(OC(C)C[Si](C)(C)C)c1. The molecule has 1 aromatic carbocycles. The van der Waals surface area contributed by atoms with Crippen molar-refractivity contribution in [3.05, 3.63) is 29.8 Å². The largest absolute Gasteiger partial charge is 0.491 e. The third-order valence-corrected chi connectivity index (χ3v) is 4.29. The van der Waals surface area contributed by atoms with Crippen molar-refractivity contribution in [1.82, 2.24) is 0 Å². The summed E-state index contributed by atoms with van der Waals surface area (Å²) in [6.45, 7) is 9.02. The lowest BCUT2D eigenvalue weighted by molar-refractivity contribution is 0.0600. The third-order valence-electron chi connectivity index (χ3n) is 2.49. The van der Waals surface area contributed by atoms with Gasteiger partial charge in [-0.15, -0.1) is 0 Å². The Kier molecular flexibility index (Phi) is 4.96. The molecule has 0 spiro atoms. The lowest BCUT2D eigenvalue weighted by atomic mass is 10.2. The predicted molar refractivity (Wildman–Crippen MR) is 76.0 cm³/mol. The number of rotatable bonds is 5. The fraction of sp³-hybridized carbons (Fsp3) is 0.500. The van der Waals surface area contributed by atoms with Gasteiger partial charge in [0.15, 0.2) is 0 Å². The van der Waals surface area contributed by atoms with E-state index in [1.54, 1.807) is 12.1 Å². The summed E-state index contributed by atoms with van der Waals surface area (Å²) in [4.78, 5) is 11.4. The molecule has 0 aliphatic carbocycles. The number of carbonyl (C=O) groups excluding carboxylic acids is 1. The Hall–Kier alpha value is -1.29. The van der Waals surface area contributed by atoms with E-state index in [0.717, 1.165) is 11.8 Å². The molecule has 1 aromatic rings. The highest BCUT2D eigenvalue weighted by Crippen LogP contribution is 2.19. The lowest BCUT2D eigenvalue weighted by Gasteiger charge is -2.22. The van der Waals surface area contributed by atoms with Gasteiger partial charge in [0.2, 0.25) is 0 Å². The fourth-order valence-electron chi connectivity index (χ4n) is 1.95. The third kappa shape index (κ3) is 4.92. The molecule has 3 nitrogen and oxygen atoms in total. The molecule has 0 heterocycles. The number of carbonyl (C=O) groups is 1. The van der Waals surface area contributed by atoms with E-state index in [4.69, 9.17) is 4.74 Å². The molecule has 0 bridgehead atoms. The van der Waals surface area contributed by atoms with Crippen LogP contribution in [0.25, 0.3) is 0 Å². The maximum Gasteiger partial charge on any atom is 0.337 e. The van der Waals surface area contributed by atoms with Crippen molar-refractivity contribution < 1.29 is 14.3 Å². The van der Waals surface area contributed by atoms with E-state index in [9.17, 15) is 4.79 Å². The number of methoxy groups -OCH3 is 1. The van der Waals surface area contributed by atoms with E-state index in [1.807, 2.05) is 12.1 Å². The average molecular weight is 266 g/mol. The van der Waals surface area contributed by atoms with Gasteiger partial charge in [0.05, 0.1) is 18.8 Å². The maximum atomic E-state index is 11.4. The second-order valence-electron chi connectivity index (χ2n) is 5.71. The van der Waals surface area contributed by atoms with Crippen LogP contribution < -0.4 is 4.74 Å². The zero-order valence-electron chi connectivity index (χ0n) is 11.8. The van der Waals surface area contributed by atoms with Crippen molar-refractivity contribution in [3.63, 3.8) is 0 Å². The monoisotopic (exact) mass is 266 g/mol. The molecule has 0 fully saturated rings. The number of hydrogen-bond acceptors (Lipinski definition) is 3. The Morgan fingerprint density at radius 2 is 2.00 bits per heavy atom. The summed E-state index contributed by atoms with van der Waals surface area (Å²) in [5.41, 5.74) is 0.523. The molecule has 0 radical (unpaired) electrons. The van der Waals surface area contributed by atoms with Crippen molar-refractivity contribution in [2.45, 2.75) is 38.7 Å². The van der Waals surface area contributed by atoms with Crippen LogP contribution in [0.2, 0.25) is 25.7 Å². The highest BCUT2D eigenvalue weighted by Gasteiger charge is 2.18. The summed E-state index contributed by atoms with van der Waals surface area (Å²) in [6.07, 6.45) is 0.171. The average Bonchev–Trinajstić information content (AvgIpc) is 2.25. The highest BCUT2D eigenvalue weighted by molar-refractivity contribution is 6.76. The number of benzene rings is 1. The molecule has 0 amide bonds. The van der Waals surface area contributed by atoms with Gasteiger partial charge in [0, 0.05) is 8.07 Å². The van der Waals surface area contributed by atoms with Crippen LogP contribution >= 0.6 is 0 Å². The van der Waals surface area contributed by atoms with Gasteiger partial charge in [-0.2, -0.15) is 0 Å². The first-order chi connectivity index (χ1) is 8.31. The molecule has 1 rings (SSSR count). The van der Waals surface area contributed by atoms with Crippen LogP contribution in [0.15, 0.2) is 24.3 Å². The van der Waals surface area contributed by atoms with Crippen LogP contribution in [0.4, 0.5) is 0 Å². The van der Waals surface area contributed by atoms with Crippen molar-refractivity contribution in [2.75, 3.05) is 7.11 Å². The van der Waals surface area contributed by atoms with Gasteiger partial charge in [-0.3, -0.25) is 0 Å². The Morgan fingerprint density at radius 1 is 1.33 bits per heavy atom. The predicted octanol–water partition coefficient (Wildman–Crippen LogP) is 3.58. The molecule has 0 aromatic heterocycles. The van der Waals surface area contributed by atoms with E-state index in [0.29, 0.717) is 5.56 Å². The number of esters is 1. The van der Waals surface area contributed by atoms with Crippen molar-refractivity contribution in [2.24, 2.45) is 0 Å². The molecular formula is C14H22O3Si. The quantitative estimate of drug-likeness (QED) is 0.603. The summed E-state index contributed by atoms with van der Waals surface area (Å²) >= 11 is 0. The molecule has 18 heavy (non-hydrogen) atoms. The summed E-state index contributed by atoms with van der Waals surface area (Å²) in [6, 6.07) is 8.22. The summed E-state index contributed by atoms with van der Waals surface area (Å²) in [5.74, 6) is 0.391. The Balaban J connectivity index is 2.70. The molecule has 0 aliphatic heterocycles. The molecule has 4 heteroatoms. The topological polar surface area (TPSA) is 35.5 Å². The van der Waals surface area contributed by atoms with Gasteiger partial charge in [0.25, 0.3) is 0 Å². The maximum absolute atomic E-state index is 11.4. The Bertz CT molecular complexity index is 410. The summed E-state index contributed by atoms with van der Waals surface area (Å²) < 4.78 is 10.5. The van der Waals surface area contributed by atoms with Crippen molar-refractivity contribution >= 4 is 14.0 Å². The van der Waals surface area contributed by atoms with E-state index in [-0.39, 0.29) is 12.1 Å². The van der Waals surface area contributed by atoms with E-state index in [2.05, 4.69) is 31.3 Å². The van der Waals surface area contributed by atoms with Gasteiger partial charge in [0.1, 0.15) is 5.75 Å².